The number of nitrogens with one attached hydrogen (secondary N) is 1. The summed E-state index contributed by atoms with van der Waals surface area (Å²) in [6, 6.07) is 13.6. The highest BCUT2D eigenvalue weighted by atomic mass is 79.9. The molecule has 140 valence electrons. The normalized spacial score (nSPS) is 14.0. The zero-order chi connectivity index (χ0) is 19.4. The van der Waals surface area contributed by atoms with Crippen molar-refractivity contribution in [3.05, 3.63) is 68.7 Å². The predicted molar refractivity (Wildman–Crippen MR) is 111 cm³/mol. The van der Waals surface area contributed by atoms with E-state index in [1.807, 2.05) is 4.90 Å². The van der Waals surface area contributed by atoms with Crippen LogP contribution in [0, 0.1) is 10.1 Å². The number of thiocarbonyl (C=S) groups is 1. The van der Waals surface area contributed by atoms with E-state index in [4.69, 9.17) is 12.2 Å². The third kappa shape index (κ3) is 4.81. The SMILES string of the molecule is O=C(NC(=S)N1CCN(c2ccc([N+](=O)[O-])cc2)CC1)c1ccc(Br)cc1. The van der Waals surface area contributed by atoms with Gasteiger partial charge in [0.25, 0.3) is 11.6 Å². The van der Waals surface area contributed by atoms with Crippen LogP contribution in [-0.4, -0.2) is 47.0 Å². The molecule has 9 heteroatoms. The van der Waals surface area contributed by atoms with Crippen molar-refractivity contribution in [3.63, 3.8) is 0 Å². The number of rotatable bonds is 3. The molecule has 1 aliphatic heterocycles. The topological polar surface area (TPSA) is 78.7 Å². The number of non-ortho nitro benzene ring substituents is 1. The molecule has 1 fully saturated rings. The lowest BCUT2D eigenvalue weighted by Gasteiger charge is -2.37. The minimum Gasteiger partial charge on any atom is -0.368 e. The zero-order valence-corrected chi connectivity index (χ0v) is 16.7. The fourth-order valence-corrected chi connectivity index (χ4v) is 3.34. The van der Waals surface area contributed by atoms with E-state index < -0.39 is 4.92 Å². The number of halogens is 1. The first-order chi connectivity index (χ1) is 12.9. The smallest absolute Gasteiger partial charge is 0.269 e. The van der Waals surface area contributed by atoms with E-state index in [1.54, 1.807) is 36.4 Å². The van der Waals surface area contributed by atoms with Gasteiger partial charge in [-0.15, -0.1) is 0 Å². The van der Waals surface area contributed by atoms with E-state index in [0.717, 1.165) is 10.2 Å². The van der Waals surface area contributed by atoms with E-state index in [1.165, 1.54) is 12.1 Å². The quantitative estimate of drug-likeness (QED) is 0.441. The molecule has 0 atom stereocenters. The van der Waals surface area contributed by atoms with Crippen LogP contribution in [0.25, 0.3) is 0 Å². The van der Waals surface area contributed by atoms with Gasteiger partial charge in [-0.1, -0.05) is 15.9 Å². The Kier molecular flexibility index (Phi) is 6.02. The second-order valence-corrected chi connectivity index (χ2v) is 7.32. The molecule has 2 aromatic carbocycles. The van der Waals surface area contributed by atoms with E-state index in [0.29, 0.717) is 36.9 Å². The number of anilines is 1. The molecule has 0 spiro atoms. The summed E-state index contributed by atoms with van der Waals surface area (Å²) < 4.78 is 0.906. The fraction of sp³-hybridized carbons (Fsp3) is 0.222. The average molecular weight is 449 g/mol. The van der Waals surface area contributed by atoms with Crippen LogP contribution in [0.3, 0.4) is 0 Å². The molecule has 0 bridgehead atoms. The second-order valence-electron chi connectivity index (χ2n) is 6.01. The van der Waals surface area contributed by atoms with Crippen molar-refractivity contribution in [2.75, 3.05) is 31.1 Å². The monoisotopic (exact) mass is 448 g/mol. The van der Waals surface area contributed by atoms with Crippen LogP contribution in [0.15, 0.2) is 53.0 Å². The third-order valence-corrected chi connectivity index (χ3v) is 5.21. The largest absolute Gasteiger partial charge is 0.368 e. The number of nitrogens with zero attached hydrogens (tertiary/aromatic N) is 3. The number of benzene rings is 2. The van der Waals surface area contributed by atoms with Crippen molar-refractivity contribution in [2.24, 2.45) is 0 Å². The molecule has 1 N–H and O–H groups in total. The van der Waals surface area contributed by atoms with Crippen LogP contribution in [0.5, 0.6) is 0 Å². The summed E-state index contributed by atoms with van der Waals surface area (Å²) >= 11 is 8.71. The molecule has 0 aromatic heterocycles. The lowest BCUT2D eigenvalue weighted by Crippen LogP contribution is -2.52. The van der Waals surface area contributed by atoms with E-state index in [9.17, 15) is 14.9 Å². The first-order valence-electron chi connectivity index (χ1n) is 8.29. The number of nitro groups is 1. The molecule has 1 saturated heterocycles. The first-order valence-corrected chi connectivity index (χ1v) is 9.49. The minimum atomic E-state index is -0.408. The van der Waals surface area contributed by atoms with Crippen LogP contribution >= 0.6 is 28.1 Å². The van der Waals surface area contributed by atoms with Crippen LogP contribution in [0.4, 0.5) is 11.4 Å². The van der Waals surface area contributed by atoms with Crippen molar-refractivity contribution in [3.8, 4) is 0 Å². The number of carbonyl (C=O) groups is 1. The Morgan fingerprint density at radius 3 is 2.19 bits per heavy atom. The summed E-state index contributed by atoms with van der Waals surface area (Å²) in [4.78, 5) is 26.7. The van der Waals surface area contributed by atoms with Gasteiger partial charge in [0.15, 0.2) is 5.11 Å². The van der Waals surface area contributed by atoms with Crippen molar-refractivity contribution in [2.45, 2.75) is 0 Å². The van der Waals surface area contributed by atoms with Gasteiger partial charge in [0.1, 0.15) is 0 Å². The number of hydrogen-bond acceptors (Lipinski definition) is 5. The van der Waals surface area contributed by atoms with Crippen molar-refractivity contribution in [1.29, 1.82) is 0 Å². The molecule has 1 heterocycles. The Morgan fingerprint density at radius 2 is 1.63 bits per heavy atom. The highest BCUT2D eigenvalue weighted by Gasteiger charge is 2.21. The molecular weight excluding hydrogens is 432 g/mol. The Bertz CT molecular complexity index is 850. The van der Waals surface area contributed by atoms with Gasteiger partial charge in [0.05, 0.1) is 4.92 Å². The lowest BCUT2D eigenvalue weighted by atomic mass is 10.2. The number of amides is 1. The second kappa shape index (κ2) is 8.45. The number of carbonyl (C=O) groups excluding carboxylic acids is 1. The highest BCUT2D eigenvalue weighted by Crippen LogP contribution is 2.20. The van der Waals surface area contributed by atoms with Crippen molar-refractivity contribution in [1.82, 2.24) is 10.2 Å². The van der Waals surface area contributed by atoms with Crippen LogP contribution in [0.2, 0.25) is 0 Å². The van der Waals surface area contributed by atoms with Gasteiger partial charge in [-0.2, -0.15) is 0 Å². The van der Waals surface area contributed by atoms with E-state index in [-0.39, 0.29) is 11.6 Å². The van der Waals surface area contributed by atoms with Crippen LogP contribution in [0.1, 0.15) is 10.4 Å². The third-order valence-electron chi connectivity index (χ3n) is 4.32. The number of hydrogen-bond donors (Lipinski definition) is 1. The van der Waals surface area contributed by atoms with Crippen LogP contribution in [-0.2, 0) is 0 Å². The highest BCUT2D eigenvalue weighted by molar-refractivity contribution is 9.10. The van der Waals surface area contributed by atoms with Gasteiger partial charge in [0.2, 0.25) is 0 Å². The first kappa shape index (κ1) is 19.2. The van der Waals surface area contributed by atoms with Gasteiger partial charge < -0.3 is 9.80 Å². The number of nitro benzene ring substituents is 1. The van der Waals surface area contributed by atoms with E-state index >= 15 is 0 Å². The molecule has 3 rings (SSSR count). The molecular formula is C18H17BrN4O3S. The van der Waals surface area contributed by atoms with Gasteiger partial charge >= 0.3 is 0 Å². The van der Waals surface area contributed by atoms with Crippen molar-refractivity contribution >= 4 is 50.5 Å². The molecule has 0 unspecified atom stereocenters. The van der Waals surface area contributed by atoms with Crippen LogP contribution < -0.4 is 10.2 Å². The van der Waals surface area contributed by atoms with Gasteiger partial charge in [-0.05, 0) is 48.6 Å². The summed E-state index contributed by atoms with van der Waals surface area (Å²) in [5.74, 6) is -0.231. The molecule has 0 aliphatic carbocycles. The Hall–Kier alpha value is -2.52. The maximum atomic E-state index is 12.3. The predicted octanol–water partition coefficient (Wildman–Crippen LogP) is 3.19. The molecule has 0 saturated carbocycles. The molecule has 2 aromatic rings. The zero-order valence-electron chi connectivity index (χ0n) is 14.3. The summed E-state index contributed by atoms with van der Waals surface area (Å²) in [5, 5.41) is 13.9. The maximum absolute atomic E-state index is 12.3. The van der Waals surface area contributed by atoms with Gasteiger partial charge in [-0.25, -0.2) is 0 Å². The Morgan fingerprint density at radius 1 is 1.04 bits per heavy atom. The minimum absolute atomic E-state index is 0.0780. The average Bonchev–Trinajstić information content (AvgIpc) is 2.68. The standard InChI is InChI=1S/C18H17BrN4O3S/c19-14-3-1-13(2-4-14)17(24)20-18(27)22-11-9-21(10-12-22)15-5-7-16(8-6-15)23(25)26/h1-8H,9-12H2,(H,20,24,27). The van der Waals surface area contributed by atoms with Gasteiger partial charge in [0, 0.05) is 54.0 Å². The maximum Gasteiger partial charge on any atom is 0.269 e. The summed E-state index contributed by atoms with van der Waals surface area (Å²) in [6.45, 7) is 2.76. The lowest BCUT2D eigenvalue weighted by molar-refractivity contribution is -0.384. The molecule has 1 aliphatic rings. The van der Waals surface area contributed by atoms with E-state index in [2.05, 4.69) is 26.1 Å². The Balaban J connectivity index is 1.53. The molecule has 0 radical (unpaired) electrons. The summed E-state index contributed by atoms with van der Waals surface area (Å²) in [7, 11) is 0. The number of piperazine rings is 1. The summed E-state index contributed by atoms with van der Waals surface area (Å²) in [6.07, 6.45) is 0. The molecule has 27 heavy (non-hydrogen) atoms. The molecule has 7 nitrogen and oxygen atoms in total. The Labute approximate surface area is 170 Å². The molecule has 1 amide bonds. The summed E-state index contributed by atoms with van der Waals surface area (Å²) in [5.41, 5.74) is 1.56. The van der Waals surface area contributed by atoms with Crippen molar-refractivity contribution < 1.29 is 9.72 Å². The van der Waals surface area contributed by atoms with Gasteiger partial charge in [-0.3, -0.25) is 20.2 Å². The fourth-order valence-electron chi connectivity index (χ4n) is 2.80.